The second-order valence-electron chi connectivity index (χ2n) is 12.6. The predicted molar refractivity (Wildman–Crippen MR) is 151 cm³/mol. The maximum atomic E-state index is 13.1. The van der Waals surface area contributed by atoms with Crippen molar-refractivity contribution in [1.82, 2.24) is 5.06 Å². The smallest absolute Gasteiger partial charge is 0.194 e. The van der Waals surface area contributed by atoms with Crippen LogP contribution in [0.15, 0.2) is 30.3 Å². The van der Waals surface area contributed by atoms with Gasteiger partial charge < -0.3 is 9.53 Å². The van der Waals surface area contributed by atoms with Gasteiger partial charge in [0.2, 0.25) is 0 Å². The molecule has 5 nitrogen and oxygen atoms in total. The summed E-state index contributed by atoms with van der Waals surface area (Å²) < 4.78 is 6.51. The summed E-state index contributed by atoms with van der Waals surface area (Å²) in [5, 5.41) is 2.06. The SMILES string of the molecule is CCCCOC(C)(ON1C(C)(CC)CC(=O)C(C)C1(C)CC)C(C=O)CC(C)(C)C(C)c1ccccc1. The molecule has 0 spiro atoms. The molecule has 0 aromatic heterocycles. The Morgan fingerprint density at radius 1 is 1.11 bits per heavy atom. The Labute approximate surface area is 226 Å². The summed E-state index contributed by atoms with van der Waals surface area (Å²) in [5.74, 6) is -1.31. The highest BCUT2D eigenvalue weighted by Gasteiger charge is 2.56. The van der Waals surface area contributed by atoms with Crippen LogP contribution < -0.4 is 0 Å². The fraction of sp³-hybridized carbons (Fsp3) is 0.750. The molecule has 1 aromatic carbocycles. The Kier molecular flexibility index (Phi) is 10.7. The molecule has 1 saturated heterocycles. The number of ketones is 1. The Morgan fingerprint density at radius 3 is 2.24 bits per heavy atom. The van der Waals surface area contributed by atoms with Crippen molar-refractivity contribution < 1.29 is 19.2 Å². The van der Waals surface area contributed by atoms with E-state index in [2.05, 4.69) is 84.7 Å². The zero-order chi connectivity index (χ0) is 28.1. The number of carbonyl (C=O) groups excluding carboxylic acids is 2. The van der Waals surface area contributed by atoms with Crippen molar-refractivity contribution in [2.24, 2.45) is 17.3 Å². The van der Waals surface area contributed by atoms with Crippen LogP contribution in [0.2, 0.25) is 0 Å². The number of hydrogen-bond acceptors (Lipinski definition) is 5. The molecule has 0 saturated carbocycles. The van der Waals surface area contributed by atoms with Gasteiger partial charge in [0.1, 0.15) is 12.1 Å². The number of aldehydes is 1. The van der Waals surface area contributed by atoms with Gasteiger partial charge in [-0.3, -0.25) is 9.63 Å². The third kappa shape index (κ3) is 6.72. The first kappa shape index (κ1) is 31.7. The van der Waals surface area contributed by atoms with E-state index in [9.17, 15) is 9.59 Å². The first-order valence-corrected chi connectivity index (χ1v) is 14.4. The number of carbonyl (C=O) groups is 2. The van der Waals surface area contributed by atoms with Crippen LogP contribution in [0.25, 0.3) is 0 Å². The topological polar surface area (TPSA) is 55.8 Å². The second-order valence-corrected chi connectivity index (χ2v) is 12.6. The minimum Gasteiger partial charge on any atom is -0.348 e. The van der Waals surface area contributed by atoms with Crippen LogP contribution in [-0.4, -0.2) is 40.6 Å². The molecular formula is C32H53NO4. The molecule has 210 valence electrons. The molecule has 0 aliphatic carbocycles. The Hall–Kier alpha value is -1.56. The maximum Gasteiger partial charge on any atom is 0.194 e. The van der Waals surface area contributed by atoms with E-state index < -0.39 is 22.8 Å². The molecule has 1 aliphatic rings. The van der Waals surface area contributed by atoms with Crippen LogP contribution in [-0.2, 0) is 19.2 Å². The number of nitrogens with zero attached hydrogens (tertiary/aromatic N) is 1. The minimum absolute atomic E-state index is 0.179. The van der Waals surface area contributed by atoms with Gasteiger partial charge in [0.05, 0.1) is 23.6 Å². The van der Waals surface area contributed by atoms with Crippen LogP contribution >= 0.6 is 0 Å². The Morgan fingerprint density at radius 2 is 1.73 bits per heavy atom. The zero-order valence-electron chi connectivity index (χ0n) is 25.2. The van der Waals surface area contributed by atoms with Gasteiger partial charge in [-0.2, -0.15) is 5.06 Å². The molecule has 37 heavy (non-hydrogen) atoms. The van der Waals surface area contributed by atoms with Crippen LogP contribution in [0.3, 0.4) is 0 Å². The van der Waals surface area contributed by atoms with Crippen molar-refractivity contribution in [3.05, 3.63) is 35.9 Å². The normalized spacial score (nSPS) is 28.5. The molecule has 1 aliphatic heterocycles. The van der Waals surface area contributed by atoms with Crippen molar-refractivity contribution in [3.8, 4) is 0 Å². The van der Waals surface area contributed by atoms with Crippen LogP contribution in [0.4, 0.5) is 0 Å². The summed E-state index contributed by atoms with van der Waals surface area (Å²) >= 11 is 0. The maximum absolute atomic E-state index is 13.1. The lowest BCUT2D eigenvalue weighted by atomic mass is 9.69. The largest absolute Gasteiger partial charge is 0.348 e. The number of hydrogen-bond donors (Lipinski definition) is 0. The zero-order valence-corrected chi connectivity index (χ0v) is 25.2. The average molecular weight is 516 g/mol. The first-order chi connectivity index (χ1) is 17.2. The lowest BCUT2D eigenvalue weighted by Crippen LogP contribution is -2.69. The van der Waals surface area contributed by atoms with Gasteiger partial charge in [-0.25, -0.2) is 0 Å². The second kappa shape index (κ2) is 12.5. The number of benzene rings is 1. The third-order valence-corrected chi connectivity index (χ3v) is 9.62. The predicted octanol–water partition coefficient (Wildman–Crippen LogP) is 7.73. The monoisotopic (exact) mass is 515 g/mol. The van der Waals surface area contributed by atoms with E-state index >= 15 is 0 Å². The summed E-state index contributed by atoms with van der Waals surface area (Å²) in [5.41, 5.74) is 0.0887. The molecule has 0 bridgehead atoms. The molecule has 6 atom stereocenters. The molecular weight excluding hydrogens is 462 g/mol. The van der Waals surface area contributed by atoms with Gasteiger partial charge >= 0.3 is 0 Å². The third-order valence-electron chi connectivity index (χ3n) is 9.62. The van der Waals surface area contributed by atoms with E-state index in [1.54, 1.807) is 0 Å². The number of rotatable bonds is 14. The molecule has 5 heteroatoms. The van der Waals surface area contributed by atoms with Gasteiger partial charge in [-0.15, -0.1) is 0 Å². The number of piperidine rings is 1. The van der Waals surface area contributed by atoms with E-state index in [4.69, 9.17) is 9.57 Å². The molecule has 1 aromatic rings. The van der Waals surface area contributed by atoms with Gasteiger partial charge in [0.25, 0.3) is 0 Å². The highest BCUT2D eigenvalue weighted by Crippen LogP contribution is 2.48. The van der Waals surface area contributed by atoms with Crippen molar-refractivity contribution in [1.29, 1.82) is 0 Å². The van der Waals surface area contributed by atoms with Crippen molar-refractivity contribution in [2.45, 2.75) is 131 Å². The lowest BCUT2D eigenvalue weighted by molar-refractivity contribution is -0.411. The van der Waals surface area contributed by atoms with E-state index in [0.29, 0.717) is 19.4 Å². The molecule has 2 rings (SSSR count). The minimum atomic E-state index is -1.16. The van der Waals surface area contributed by atoms with E-state index in [-0.39, 0.29) is 23.0 Å². The Bertz CT molecular complexity index is 886. The highest BCUT2D eigenvalue weighted by molar-refractivity contribution is 5.84. The summed E-state index contributed by atoms with van der Waals surface area (Å²) in [6.07, 6.45) is 5.46. The van der Waals surface area contributed by atoms with Gasteiger partial charge in [-0.05, 0) is 63.4 Å². The Balaban J connectivity index is 2.49. The van der Waals surface area contributed by atoms with Crippen molar-refractivity contribution in [3.63, 3.8) is 0 Å². The van der Waals surface area contributed by atoms with Gasteiger partial charge in [0, 0.05) is 12.3 Å². The summed E-state index contributed by atoms with van der Waals surface area (Å²) in [6, 6.07) is 10.5. The van der Waals surface area contributed by atoms with E-state index in [1.165, 1.54) is 5.56 Å². The molecule has 0 amide bonds. The fourth-order valence-corrected chi connectivity index (χ4v) is 5.77. The van der Waals surface area contributed by atoms with Crippen molar-refractivity contribution in [2.75, 3.05) is 6.61 Å². The fourth-order valence-electron chi connectivity index (χ4n) is 5.77. The molecule has 1 fully saturated rings. The van der Waals surface area contributed by atoms with Gasteiger partial charge in [-0.1, -0.05) is 85.2 Å². The molecule has 6 unspecified atom stereocenters. The summed E-state index contributed by atoms with van der Waals surface area (Å²) in [6.45, 7) is 21.7. The number of hydroxylamine groups is 2. The van der Waals surface area contributed by atoms with Crippen LogP contribution in [0.1, 0.15) is 119 Å². The van der Waals surface area contributed by atoms with Crippen molar-refractivity contribution >= 4 is 12.1 Å². The average Bonchev–Trinajstić information content (AvgIpc) is 2.88. The summed E-state index contributed by atoms with van der Waals surface area (Å²) in [7, 11) is 0. The molecule has 1 heterocycles. The van der Waals surface area contributed by atoms with E-state index in [1.807, 2.05) is 19.9 Å². The van der Waals surface area contributed by atoms with E-state index in [0.717, 1.165) is 32.0 Å². The lowest BCUT2D eigenvalue weighted by Gasteiger charge is -2.58. The first-order valence-electron chi connectivity index (χ1n) is 14.4. The van der Waals surface area contributed by atoms with Gasteiger partial charge in [0.15, 0.2) is 5.79 Å². The molecule has 0 radical (unpaired) electrons. The molecule has 0 N–H and O–H groups in total. The van der Waals surface area contributed by atoms with Crippen LogP contribution in [0, 0.1) is 17.3 Å². The quantitative estimate of drug-likeness (QED) is 0.144. The highest BCUT2D eigenvalue weighted by atomic mass is 16.8. The number of ether oxygens (including phenoxy) is 1. The van der Waals surface area contributed by atoms with Crippen LogP contribution in [0.5, 0.6) is 0 Å². The number of Topliss-reactive ketones (excluding diaryl/α,β-unsaturated/α-hetero) is 1. The summed E-state index contributed by atoms with van der Waals surface area (Å²) in [4.78, 5) is 32.9. The standard InChI is InChI=1S/C32H53NO4/c1-11-14-20-36-32(10,27(23-34)21-29(6,7)24(4)26-18-16-15-17-19-26)37-33-30(8,12-2)22-28(35)25(5)31(33,9)13-3/h15-19,23-25,27H,11-14,20-22H2,1-10H3. The number of unbranched alkanes of at least 4 members (excludes halogenated alkanes) is 1.